The molecule has 1 N–H and O–H groups in total. The summed E-state index contributed by atoms with van der Waals surface area (Å²) < 4.78 is 1.84. The van der Waals surface area contributed by atoms with Crippen LogP contribution in [0.4, 0.5) is 5.69 Å². The van der Waals surface area contributed by atoms with Gasteiger partial charge < -0.3 is 10.2 Å². The molecule has 1 amide bonds. The number of benzene rings is 1. The molecule has 110 valence electrons. The van der Waals surface area contributed by atoms with E-state index in [1.807, 2.05) is 72.4 Å². The molecule has 1 aromatic carbocycles. The standard InChI is InChI=1S/C16H18ClN3O/c1-19(2)14-7-9-20(10-8-14)12-16(21)18-11-13-5-3-4-6-15(13)17/h3-10H,11-12H2,1-2H3/p+1. The lowest BCUT2D eigenvalue weighted by atomic mass is 10.2. The highest BCUT2D eigenvalue weighted by Crippen LogP contribution is 2.14. The van der Waals surface area contributed by atoms with E-state index in [4.69, 9.17) is 11.6 Å². The van der Waals surface area contributed by atoms with Gasteiger partial charge in [-0.15, -0.1) is 0 Å². The molecule has 0 bridgehead atoms. The Morgan fingerprint density at radius 1 is 1.19 bits per heavy atom. The van der Waals surface area contributed by atoms with Crippen LogP contribution in [-0.2, 0) is 17.9 Å². The van der Waals surface area contributed by atoms with Crippen molar-refractivity contribution in [3.8, 4) is 0 Å². The molecule has 21 heavy (non-hydrogen) atoms. The van der Waals surface area contributed by atoms with Crippen LogP contribution in [0.2, 0.25) is 5.02 Å². The normalized spacial score (nSPS) is 10.2. The Balaban J connectivity index is 1.88. The second-order valence-corrected chi connectivity index (χ2v) is 5.40. The molecule has 0 unspecified atom stereocenters. The van der Waals surface area contributed by atoms with Gasteiger partial charge in [-0.2, -0.15) is 4.57 Å². The van der Waals surface area contributed by atoms with Crippen LogP contribution in [0.3, 0.4) is 0 Å². The van der Waals surface area contributed by atoms with Crippen molar-refractivity contribution >= 4 is 23.2 Å². The Hall–Kier alpha value is -2.07. The highest BCUT2D eigenvalue weighted by molar-refractivity contribution is 6.31. The van der Waals surface area contributed by atoms with Crippen molar-refractivity contribution in [3.63, 3.8) is 0 Å². The van der Waals surface area contributed by atoms with Gasteiger partial charge in [-0.05, 0) is 11.6 Å². The molecule has 0 aliphatic rings. The molecule has 0 aliphatic heterocycles. The van der Waals surface area contributed by atoms with Crippen molar-refractivity contribution in [1.29, 1.82) is 0 Å². The third-order valence-electron chi connectivity index (χ3n) is 3.15. The van der Waals surface area contributed by atoms with Gasteiger partial charge in [0.2, 0.25) is 6.54 Å². The van der Waals surface area contributed by atoms with Gasteiger partial charge in [0.25, 0.3) is 5.91 Å². The first-order valence-corrected chi connectivity index (χ1v) is 7.10. The lowest BCUT2D eigenvalue weighted by molar-refractivity contribution is -0.684. The Morgan fingerprint density at radius 3 is 2.48 bits per heavy atom. The molecule has 0 fully saturated rings. The van der Waals surface area contributed by atoms with Gasteiger partial charge in [0, 0.05) is 43.5 Å². The van der Waals surface area contributed by atoms with E-state index in [9.17, 15) is 4.79 Å². The quantitative estimate of drug-likeness (QED) is 0.858. The van der Waals surface area contributed by atoms with Crippen molar-refractivity contribution in [1.82, 2.24) is 5.32 Å². The first-order valence-electron chi connectivity index (χ1n) is 6.73. The topological polar surface area (TPSA) is 36.2 Å². The van der Waals surface area contributed by atoms with E-state index in [0.29, 0.717) is 11.6 Å². The minimum atomic E-state index is -0.0440. The maximum atomic E-state index is 11.9. The van der Waals surface area contributed by atoms with Crippen molar-refractivity contribution in [2.24, 2.45) is 0 Å². The van der Waals surface area contributed by atoms with E-state index in [1.54, 1.807) is 0 Å². The van der Waals surface area contributed by atoms with Crippen LogP contribution in [0.25, 0.3) is 0 Å². The van der Waals surface area contributed by atoms with Gasteiger partial charge in [-0.3, -0.25) is 4.79 Å². The van der Waals surface area contributed by atoms with Crippen LogP contribution in [0.5, 0.6) is 0 Å². The van der Waals surface area contributed by atoms with Crippen LogP contribution in [-0.4, -0.2) is 20.0 Å². The number of pyridine rings is 1. The summed E-state index contributed by atoms with van der Waals surface area (Å²) in [6, 6.07) is 11.4. The molecule has 0 radical (unpaired) electrons. The van der Waals surface area contributed by atoms with Gasteiger partial charge in [0.1, 0.15) is 0 Å². The summed E-state index contributed by atoms with van der Waals surface area (Å²) in [5, 5.41) is 3.54. The zero-order valence-electron chi connectivity index (χ0n) is 12.2. The predicted molar refractivity (Wildman–Crippen MR) is 84.3 cm³/mol. The van der Waals surface area contributed by atoms with Crippen molar-refractivity contribution < 1.29 is 9.36 Å². The molecule has 0 spiro atoms. The molecule has 2 aromatic rings. The van der Waals surface area contributed by atoms with E-state index in [2.05, 4.69) is 5.32 Å². The maximum absolute atomic E-state index is 11.9. The number of amides is 1. The number of carbonyl (C=O) groups excluding carboxylic acids is 1. The minimum Gasteiger partial charge on any atom is -0.377 e. The molecular weight excluding hydrogens is 286 g/mol. The highest BCUT2D eigenvalue weighted by atomic mass is 35.5. The van der Waals surface area contributed by atoms with Gasteiger partial charge in [-0.1, -0.05) is 29.8 Å². The summed E-state index contributed by atoms with van der Waals surface area (Å²) in [6.07, 6.45) is 3.79. The molecule has 0 aliphatic carbocycles. The van der Waals surface area contributed by atoms with Crippen LogP contribution in [0.1, 0.15) is 5.56 Å². The van der Waals surface area contributed by atoms with E-state index in [-0.39, 0.29) is 12.5 Å². The average Bonchev–Trinajstić information content (AvgIpc) is 2.47. The third kappa shape index (κ3) is 4.46. The minimum absolute atomic E-state index is 0.0440. The summed E-state index contributed by atoms with van der Waals surface area (Å²) >= 11 is 6.05. The van der Waals surface area contributed by atoms with E-state index < -0.39 is 0 Å². The summed E-state index contributed by atoms with van der Waals surface area (Å²) in [4.78, 5) is 13.9. The third-order valence-corrected chi connectivity index (χ3v) is 3.52. The molecule has 4 nitrogen and oxygen atoms in total. The fourth-order valence-electron chi connectivity index (χ4n) is 1.91. The monoisotopic (exact) mass is 304 g/mol. The van der Waals surface area contributed by atoms with Gasteiger partial charge in [0.15, 0.2) is 12.4 Å². The van der Waals surface area contributed by atoms with Crippen LogP contribution in [0, 0.1) is 0 Å². The SMILES string of the molecule is CN(C)c1cc[n+](CC(=O)NCc2ccccc2Cl)cc1. The van der Waals surface area contributed by atoms with Crippen LogP contribution in [0.15, 0.2) is 48.8 Å². The molecular formula is C16H19ClN3O+. The van der Waals surface area contributed by atoms with Crippen molar-refractivity contribution in [2.75, 3.05) is 19.0 Å². The second kappa shape index (κ2) is 7.09. The lowest BCUT2D eigenvalue weighted by Gasteiger charge is -2.10. The predicted octanol–water partition coefficient (Wildman–Crippen LogP) is 2.01. The molecule has 0 atom stereocenters. The Labute approximate surface area is 130 Å². The highest BCUT2D eigenvalue weighted by Gasteiger charge is 2.10. The van der Waals surface area contributed by atoms with E-state index in [1.165, 1.54) is 0 Å². The van der Waals surface area contributed by atoms with Gasteiger partial charge in [-0.25, -0.2) is 0 Å². The summed E-state index contributed by atoms with van der Waals surface area (Å²) in [5.41, 5.74) is 2.02. The molecule has 5 heteroatoms. The number of hydrogen-bond donors (Lipinski definition) is 1. The number of aromatic nitrogens is 1. The fourth-order valence-corrected chi connectivity index (χ4v) is 2.11. The van der Waals surface area contributed by atoms with E-state index >= 15 is 0 Å². The van der Waals surface area contributed by atoms with E-state index in [0.717, 1.165) is 11.3 Å². The first-order chi connectivity index (χ1) is 10.1. The summed E-state index contributed by atoms with van der Waals surface area (Å²) in [5.74, 6) is -0.0440. The van der Waals surface area contributed by atoms with Gasteiger partial charge >= 0.3 is 0 Å². The summed E-state index contributed by atoms with van der Waals surface area (Å²) in [7, 11) is 3.96. The molecule has 1 aromatic heterocycles. The Morgan fingerprint density at radius 2 is 1.86 bits per heavy atom. The number of carbonyl (C=O) groups is 1. The van der Waals surface area contributed by atoms with Crippen LogP contribution < -0.4 is 14.8 Å². The smallest absolute Gasteiger partial charge is 0.286 e. The first kappa shape index (κ1) is 15.3. The number of anilines is 1. The molecule has 0 saturated carbocycles. The number of rotatable bonds is 5. The number of nitrogens with zero attached hydrogens (tertiary/aromatic N) is 2. The zero-order chi connectivity index (χ0) is 15.2. The Kier molecular flexibility index (Phi) is 5.17. The largest absolute Gasteiger partial charge is 0.377 e. The second-order valence-electron chi connectivity index (χ2n) is 4.99. The lowest BCUT2D eigenvalue weighted by Crippen LogP contribution is -2.42. The van der Waals surface area contributed by atoms with Crippen LogP contribution >= 0.6 is 11.6 Å². The zero-order valence-corrected chi connectivity index (χ0v) is 13.0. The number of halogens is 1. The number of nitrogens with one attached hydrogen (secondary N) is 1. The molecule has 2 rings (SSSR count). The maximum Gasteiger partial charge on any atom is 0.286 e. The molecule has 0 saturated heterocycles. The summed E-state index contributed by atoms with van der Waals surface area (Å²) in [6.45, 7) is 0.729. The molecule has 1 heterocycles. The van der Waals surface area contributed by atoms with Gasteiger partial charge in [0.05, 0.1) is 0 Å². The van der Waals surface area contributed by atoms with Crippen molar-refractivity contribution in [3.05, 3.63) is 59.4 Å². The average molecular weight is 305 g/mol. The Bertz CT molecular complexity index is 611. The fraction of sp³-hybridized carbons (Fsp3) is 0.250. The van der Waals surface area contributed by atoms with Crippen molar-refractivity contribution in [2.45, 2.75) is 13.1 Å². The number of hydrogen-bond acceptors (Lipinski definition) is 2.